The number of nitrogens with zero attached hydrogens (tertiary/aromatic N) is 3. The number of hydrogen-bond acceptors (Lipinski definition) is 3. The van der Waals surface area contributed by atoms with E-state index >= 15 is 0 Å². The molecule has 0 saturated heterocycles. The second kappa shape index (κ2) is 4.37. The Hall–Kier alpha value is -0.810. The van der Waals surface area contributed by atoms with Crippen LogP contribution in [-0.4, -0.2) is 15.0 Å². The van der Waals surface area contributed by atoms with Crippen molar-refractivity contribution in [3.63, 3.8) is 0 Å². The number of alkyl halides is 1. The molecule has 6 heteroatoms. The van der Waals surface area contributed by atoms with Crippen LogP contribution in [0.3, 0.4) is 0 Å². The van der Waals surface area contributed by atoms with Crippen LogP contribution < -0.4 is 0 Å². The molecule has 2 aromatic heterocycles. The largest absolute Gasteiger partial charge is 0.452 e. The van der Waals surface area contributed by atoms with Crippen LogP contribution in [0.15, 0.2) is 27.4 Å². The van der Waals surface area contributed by atoms with E-state index in [9.17, 15) is 0 Å². The molecule has 0 spiro atoms. The van der Waals surface area contributed by atoms with Gasteiger partial charge in [0.15, 0.2) is 4.67 Å². The van der Waals surface area contributed by atoms with Crippen LogP contribution in [0.2, 0.25) is 0 Å². The minimum atomic E-state index is -0.123. The first-order valence-corrected chi connectivity index (χ1v) is 5.66. The summed E-state index contributed by atoms with van der Waals surface area (Å²) in [6, 6.07) is 3.73. The topological polar surface area (TPSA) is 43.9 Å². The number of aromatic nitrogens is 3. The van der Waals surface area contributed by atoms with Crippen LogP contribution in [0.1, 0.15) is 23.8 Å². The lowest BCUT2D eigenvalue weighted by atomic mass is 10.4. The lowest BCUT2D eigenvalue weighted by molar-refractivity contribution is 0.459. The predicted octanol–water partition coefficient (Wildman–Crippen LogP) is 2.98. The van der Waals surface area contributed by atoms with Gasteiger partial charge in [0.2, 0.25) is 0 Å². The molecule has 0 aliphatic heterocycles. The summed E-state index contributed by atoms with van der Waals surface area (Å²) in [6.07, 6.45) is 1.81. The Morgan fingerprint density at radius 1 is 1.60 bits per heavy atom. The van der Waals surface area contributed by atoms with E-state index in [-0.39, 0.29) is 5.38 Å². The smallest absolute Gasteiger partial charge is 0.169 e. The van der Waals surface area contributed by atoms with Crippen LogP contribution in [0.4, 0.5) is 0 Å². The number of rotatable bonds is 3. The molecular weight excluding hydrogens is 281 g/mol. The summed E-state index contributed by atoms with van der Waals surface area (Å²) >= 11 is 9.12. The van der Waals surface area contributed by atoms with Gasteiger partial charge in [-0.05, 0) is 35.0 Å². The quantitative estimate of drug-likeness (QED) is 0.816. The fraction of sp³-hybridized carbons (Fsp3) is 0.333. The van der Waals surface area contributed by atoms with E-state index in [1.165, 1.54) is 0 Å². The number of halogens is 2. The van der Waals surface area contributed by atoms with Crippen LogP contribution in [-0.2, 0) is 6.54 Å². The zero-order valence-electron chi connectivity index (χ0n) is 8.02. The fourth-order valence-electron chi connectivity index (χ4n) is 1.17. The molecule has 80 valence electrons. The minimum Gasteiger partial charge on any atom is -0.452 e. The Labute approximate surface area is 100 Å². The van der Waals surface area contributed by atoms with E-state index in [0.717, 1.165) is 11.5 Å². The van der Waals surface area contributed by atoms with E-state index < -0.39 is 0 Å². The average molecular weight is 291 g/mol. The van der Waals surface area contributed by atoms with Crippen molar-refractivity contribution >= 4 is 27.5 Å². The van der Waals surface area contributed by atoms with Gasteiger partial charge < -0.3 is 4.42 Å². The highest BCUT2D eigenvalue weighted by Crippen LogP contribution is 2.17. The highest BCUT2D eigenvalue weighted by Gasteiger charge is 2.08. The minimum absolute atomic E-state index is 0.123. The zero-order chi connectivity index (χ0) is 10.8. The Bertz CT molecular complexity index is 452. The molecule has 0 aromatic carbocycles. The molecule has 0 fully saturated rings. The third-order valence-corrected chi connectivity index (χ3v) is 2.56. The molecule has 2 aromatic rings. The average Bonchev–Trinajstić information content (AvgIpc) is 2.76. The van der Waals surface area contributed by atoms with Gasteiger partial charge in [-0.1, -0.05) is 5.21 Å². The van der Waals surface area contributed by atoms with E-state index in [1.54, 1.807) is 4.68 Å². The lowest BCUT2D eigenvalue weighted by Gasteiger charge is -1.95. The van der Waals surface area contributed by atoms with Crippen LogP contribution in [0.5, 0.6) is 0 Å². The first kappa shape index (κ1) is 10.7. The first-order valence-electron chi connectivity index (χ1n) is 4.43. The number of furan rings is 1. The summed E-state index contributed by atoms with van der Waals surface area (Å²) in [4.78, 5) is 0. The van der Waals surface area contributed by atoms with Crippen LogP contribution in [0.25, 0.3) is 0 Å². The number of hydrogen-bond donors (Lipinski definition) is 0. The fourth-order valence-corrected chi connectivity index (χ4v) is 1.61. The van der Waals surface area contributed by atoms with Crippen LogP contribution >= 0.6 is 27.5 Å². The van der Waals surface area contributed by atoms with Crippen molar-refractivity contribution in [1.82, 2.24) is 15.0 Å². The SMILES string of the molecule is CC(Cl)c1cn(Cc2ccc(Br)o2)nn1. The van der Waals surface area contributed by atoms with Crippen LogP contribution in [0, 0.1) is 0 Å². The maximum atomic E-state index is 5.88. The summed E-state index contributed by atoms with van der Waals surface area (Å²) in [5, 5.41) is 7.77. The molecule has 1 unspecified atom stereocenters. The maximum Gasteiger partial charge on any atom is 0.169 e. The van der Waals surface area contributed by atoms with Gasteiger partial charge in [0.25, 0.3) is 0 Å². The highest BCUT2D eigenvalue weighted by molar-refractivity contribution is 9.10. The van der Waals surface area contributed by atoms with Gasteiger partial charge in [-0.3, -0.25) is 0 Å². The van der Waals surface area contributed by atoms with Crippen molar-refractivity contribution in [3.8, 4) is 0 Å². The summed E-state index contributed by atoms with van der Waals surface area (Å²) in [5.41, 5.74) is 0.766. The van der Waals surface area contributed by atoms with Gasteiger partial charge in [0.1, 0.15) is 18.0 Å². The molecule has 4 nitrogen and oxygen atoms in total. The summed E-state index contributed by atoms with van der Waals surface area (Å²) < 4.78 is 7.76. The Balaban J connectivity index is 2.11. The second-order valence-corrected chi connectivity index (χ2v) is 4.60. The third-order valence-electron chi connectivity index (χ3n) is 1.91. The van der Waals surface area contributed by atoms with E-state index in [2.05, 4.69) is 26.2 Å². The van der Waals surface area contributed by atoms with Crippen molar-refractivity contribution in [2.75, 3.05) is 0 Å². The molecule has 2 rings (SSSR count). The van der Waals surface area contributed by atoms with Crippen molar-refractivity contribution in [3.05, 3.63) is 34.5 Å². The second-order valence-electron chi connectivity index (χ2n) is 3.16. The van der Waals surface area contributed by atoms with E-state index in [4.69, 9.17) is 16.0 Å². The van der Waals surface area contributed by atoms with Crippen molar-refractivity contribution in [1.29, 1.82) is 0 Å². The normalized spacial score (nSPS) is 13.0. The molecule has 0 bridgehead atoms. The molecule has 0 aliphatic carbocycles. The molecule has 0 saturated carbocycles. The molecule has 2 heterocycles. The monoisotopic (exact) mass is 289 g/mol. The highest BCUT2D eigenvalue weighted by atomic mass is 79.9. The standard InChI is InChI=1S/C9H9BrClN3O/c1-6(11)8-5-14(13-12-8)4-7-2-3-9(10)15-7/h2-3,5-6H,4H2,1H3. The predicted molar refractivity (Wildman–Crippen MR) is 59.8 cm³/mol. The Morgan fingerprint density at radius 2 is 2.40 bits per heavy atom. The zero-order valence-corrected chi connectivity index (χ0v) is 10.4. The third kappa shape index (κ3) is 2.60. The van der Waals surface area contributed by atoms with Gasteiger partial charge in [0, 0.05) is 0 Å². The van der Waals surface area contributed by atoms with Gasteiger partial charge in [0.05, 0.1) is 11.6 Å². The summed E-state index contributed by atoms with van der Waals surface area (Å²) in [5.74, 6) is 0.820. The molecule has 0 amide bonds. The summed E-state index contributed by atoms with van der Waals surface area (Å²) in [6.45, 7) is 2.42. The maximum absolute atomic E-state index is 5.88. The molecule has 15 heavy (non-hydrogen) atoms. The Morgan fingerprint density at radius 3 is 2.93 bits per heavy atom. The van der Waals surface area contributed by atoms with Crippen molar-refractivity contribution in [2.24, 2.45) is 0 Å². The van der Waals surface area contributed by atoms with E-state index in [1.807, 2.05) is 25.3 Å². The van der Waals surface area contributed by atoms with E-state index in [0.29, 0.717) is 11.2 Å². The molecule has 1 atom stereocenters. The molecular formula is C9H9BrClN3O. The molecule has 0 N–H and O–H groups in total. The van der Waals surface area contributed by atoms with Gasteiger partial charge in [-0.25, -0.2) is 4.68 Å². The van der Waals surface area contributed by atoms with Gasteiger partial charge >= 0.3 is 0 Å². The first-order chi connectivity index (χ1) is 7.15. The van der Waals surface area contributed by atoms with Crippen molar-refractivity contribution < 1.29 is 4.42 Å². The Kier molecular flexibility index (Phi) is 3.11. The molecule has 0 aliphatic rings. The molecule has 0 radical (unpaired) electrons. The van der Waals surface area contributed by atoms with Gasteiger partial charge in [-0.15, -0.1) is 16.7 Å². The summed E-state index contributed by atoms with van der Waals surface area (Å²) in [7, 11) is 0. The van der Waals surface area contributed by atoms with Gasteiger partial charge in [-0.2, -0.15) is 0 Å². The lowest BCUT2D eigenvalue weighted by Crippen LogP contribution is -1.98. The van der Waals surface area contributed by atoms with Crippen molar-refractivity contribution in [2.45, 2.75) is 18.8 Å².